The molecule has 2 atom stereocenters. The maximum atomic E-state index is 11.7. The predicted molar refractivity (Wildman–Crippen MR) is 105 cm³/mol. The quantitative estimate of drug-likeness (QED) is 0.208. The van der Waals surface area contributed by atoms with Crippen LogP contribution in [-0.4, -0.2) is 28.2 Å². The summed E-state index contributed by atoms with van der Waals surface area (Å²) in [6.07, 6.45) is 4.38. The number of ether oxygens (including phenoxy) is 1. The van der Waals surface area contributed by atoms with E-state index in [9.17, 15) is 4.79 Å². The van der Waals surface area contributed by atoms with Crippen LogP contribution in [0.4, 0.5) is 0 Å². The van der Waals surface area contributed by atoms with Gasteiger partial charge in [-0.15, -0.1) is 0 Å². The molecule has 0 N–H and O–H groups in total. The molecule has 0 aliphatic heterocycles. The molecule has 0 saturated carbocycles. The Bertz CT molecular complexity index is 407. The van der Waals surface area contributed by atoms with Gasteiger partial charge < -0.3 is 4.74 Å². The van der Waals surface area contributed by atoms with Crippen molar-refractivity contribution in [1.29, 1.82) is 0 Å². The van der Waals surface area contributed by atoms with Gasteiger partial charge in [-0.05, 0) is 5.92 Å². The number of alkyl halides is 6. The molecule has 0 heterocycles. The van der Waals surface area contributed by atoms with E-state index in [-0.39, 0.29) is 23.3 Å². The smallest absolute Gasteiger partial charge is 0.306 e. The molecule has 0 aromatic rings. The Kier molecular flexibility index (Phi) is 7.37. The Morgan fingerprint density at radius 1 is 1.25 bits per heavy atom. The van der Waals surface area contributed by atoms with Crippen LogP contribution in [0.1, 0.15) is 20.3 Å². The molecule has 2 unspecified atom stereocenters. The highest BCUT2D eigenvalue weighted by molar-refractivity contribution is 9.31. The fourth-order valence-corrected chi connectivity index (χ4v) is 5.85. The molecule has 2 nitrogen and oxygen atoms in total. The summed E-state index contributed by atoms with van der Waals surface area (Å²) < 4.78 is 3.70. The van der Waals surface area contributed by atoms with Crippen LogP contribution in [-0.2, 0) is 9.53 Å². The Labute approximate surface area is 170 Å². The van der Waals surface area contributed by atoms with Crippen molar-refractivity contribution in [2.45, 2.75) is 35.9 Å². The third kappa shape index (κ3) is 4.13. The van der Waals surface area contributed by atoms with Gasteiger partial charge in [-0.25, -0.2) is 0 Å². The van der Waals surface area contributed by atoms with E-state index in [1.165, 1.54) is 0 Å². The molecule has 0 amide bonds. The Balaban J connectivity index is 2.87. The van der Waals surface area contributed by atoms with Crippen molar-refractivity contribution in [3.05, 3.63) is 12.2 Å². The molecule has 8 heteroatoms. The predicted octanol–water partition coefficient (Wildman–Crippen LogP) is 6.01. The molecule has 1 aliphatic rings. The first-order valence-electron chi connectivity index (χ1n) is 5.87. The first-order chi connectivity index (χ1) is 8.94. The average Bonchev–Trinajstić information content (AvgIpc) is 2.30. The van der Waals surface area contributed by atoms with Crippen LogP contribution in [0.25, 0.3) is 0 Å². The molecule has 0 aromatic carbocycles. The summed E-state index contributed by atoms with van der Waals surface area (Å²) in [6.45, 7) is 4.19. The largest absolute Gasteiger partial charge is 0.464 e. The summed E-state index contributed by atoms with van der Waals surface area (Å²) in [6, 6.07) is 0. The van der Waals surface area contributed by atoms with Gasteiger partial charge in [-0.1, -0.05) is 122 Å². The van der Waals surface area contributed by atoms with Crippen LogP contribution in [0, 0.1) is 5.92 Å². The Hall–Kier alpha value is 2.09. The summed E-state index contributed by atoms with van der Waals surface area (Å²) >= 11 is 21.9. The molecular formula is C12H14Br6O2. The summed E-state index contributed by atoms with van der Waals surface area (Å²) in [5.74, 6) is 0.0884. The van der Waals surface area contributed by atoms with E-state index in [4.69, 9.17) is 4.74 Å². The number of hydrogen-bond donors (Lipinski definition) is 0. The molecule has 20 heavy (non-hydrogen) atoms. The van der Waals surface area contributed by atoms with Crippen molar-refractivity contribution in [3.8, 4) is 0 Å². The lowest BCUT2D eigenvalue weighted by Gasteiger charge is -2.49. The zero-order valence-corrected chi connectivity index (χ0v) is 20.3. The van der Waals surface area contributed by atoms with E-state index in [1.54, 1.807) is 0 Å². The van der Waals surface area contributed by atoms with E-state index in [0.717, 1.165) is 0 Å². The van der Waals surface area contributed by atoms with Crippen molar-refractivity contribution in [2.24, 2.45) is 5.92 Å². The Morgan fingerprint density at radius 2 is 1.80 bits per heavy atom. The fraction of sp³-hybridized carbons (Fsp3) is 0.750. The SMILES string of the molecule is CC(C)CC(=O)OCC1(Br)C=CC(Br)C(Br)(Br)C1(Br)Br. The normalized spacial score (nSPS) is 31.4. The van der Waals surface area contributed by atoms with Crippen LogP contribution in [0.2, 0.25) is 0 Å². The first kappa shape index (κ1) is 20.1. The minimum absolute atomic E-state index is 0.0470. The second-order valence-electron chi connectivity index (χ2n) is 5.08. The van der Waals surface area contributed by atoms with Crippen LogP contribution in [0.3, 0.4) is 0 Å². The minimum Gasteiger partial charge on any atom is -0.464 e. The lowest BCUT2D eigenvalue weighted by molar-refractivity contribution is -0.145. The second kappa shape index (κ2) is 7.32. The van der Waals surface area contributed by atoms with Gasteiger partial charge in [0.05, 0.1) is 4.83 Å². The molecule has 0 spiro atoms. The standard InChI is InChI=1S/C12H14Br6O2/c1-7(2)5-9(19)20-6-10(14)4-3-8(13)11(15,16)12(10,17)18/h3-4,7-8H,5-6H2,1-2H3. The third-order valence-corrected chi connectivity index (χ3v) is 14.2. The number of carbonyl (C=O) groups excluding carboxylic acids is 1. The number of esters is 1. The first-order valence-corrected chi connectivity index (χ1v) is 10.8. The average molecular weight is 670 g/mol. The maximum Gasteiger partial charge on any atom is 0.306 e. The molecule has 0 radical (unpaired) electrons. The molecule has 1 aliphatic carbocycles. The highest BCUT2D eigenvalue weighted by Gasteiger charge is 2.62. The highest BCUT2D eigenvalue weighted by atomic mass is 79.9. The van der Waals surface area contributed by atoms with Crippen molar-refractivity contribution in [3.63, 3.8) is 0 Å². The maximum absolute atomic E-state index is 11.7. The number of rotatable bonds is 4. The van der Waals surface area contributed by atoms with E-state index in [0.29, 0.717) is 6.42 Å². The van der Waals surface area contributed by atoms with Gasteiger partial charge in [0, 0.05) is 6.42 Å². The Morgan fingerprint density at radius 3 is 2.30 bits per heavy atom. The molecule has 0 saturated heterocycles. The highest BCUT2D eigenvalue weighted by Crippen LogP contribution is 2.63. The molecule has 1 rings (SSSR count). The summed E-state index contributed by atoms with van der Waals surface area (Å²) in [7, 11) is 0. The van der Waals surface area contributed by atoms with E-state index in [2.05, 4.69) is 95.6 Å². The van der Waals surface area contributed by atoms with Crippen molar-refractivity contribution >= 4 is 102 Å². The topological polar surface area (TPSA) is 26.3 Å². The van der Waals surface area contributed by atoms with Gasteiger partial charge >= 0.3 is 5.97 Å². The van der Waals surface area contributed by atoms with Crippen LogP contribution in [0.15, 0.2) is 12.2 Å². The van der Waals surface area contributed by atoms with Crippen molar-refractivity contribution in [1.82, 2.24) is 0 Å². The van der Waals surface area contributed by atoms with Gasteiger partial charge in [0.2, 0.25) is 0 Å². The third-order valence-electron chi connectivity index (χ3n) is 2.83. The number of allylic oxidation sites excluding steroid dienone is 1. The van der Waals surface area contributed by atoms with Crippen molar-refractivity contribution < 1.29 is 9.53 Å². The zero-order valence-electron chi connectivity index (χ0n) is 10.8. The molecule has 116 valence electrons. The van der Waals surface area contributed by atoms with Crippen LogP contribution >= 0.6 is 95.6 Å². The molecule has 0 bridgehead atoms. The van der Waals surface area contributed by atoms with Gasteiger partial charge in [0.15, 0.2) is 0 Å². The zero-order chi connectivity index (χ0) is 15.8. The van der Waals surface area contributed by atoms with E-state index in [1.807, 2.05) is 26.0 Å². The van der Waals surface area contributed by atoms with Crippen LogP contribution in [0.5, 0.6) is 0 Å². The van der Waals surface area contributed by atoms with Gasteiger partial charge in [0.1, 0.15) is 17.4 Å². The van der Waals surface area contributed by atoms with Crippen LogP contribution < -0.4 is 0 Å². The second-order valence-corrected chi connectivity index (χ2v) is 14.5. The van der Waals surface area contributed by atoms with Gasteiger partial charge in [0.25, 0.3) is 0 Å². The lowest BCUT2D eigenvalue weighted by Crippen LogP contribution is -2.58. The summed E-state index contributed by atoms with van der Waals surface area (Å²) in [4.78, 5) is 11.8. The lowest BCUT2D eigenvalue weighted by atomic mass is 9.95. The minimum atomic E-state index is -0.610. The van der Waals surface area contributed by atoms with Crippen molar-refractivity contribution in [2.75, 3.05) is 6.61 Å². The number of carbonyl (C=O) groups is 1. The van der Waals surface area contributed by atoms with Gasteiger partial charge in [-0.3, -0.25) is 4.79 Å². The summed E-state index contributed by atoms with van der Waals surface area (Å²) in [5.41, 5.74) is 0. The van der Waals surface area contributed by atoms with Gasteiger partial charge in [-0.2, -0.15) is 0 Å². The number of hydrogen-bond acceptors (Lipinski definition) is 2. The monoisotopic (exact) mass is 664 g/mol. The fourth-order valence-electron chi connectivity index (χ4n) is 1.63. The van der Waals surface area contributed by atoms with E-state index < -0.39 is 10.8 Å². The van der Waals surface area contributed by atoms with E-state index >= 15 is 0 Å². The molecule has 0 aromatic heterocycles. The number of halogens is 6. The summed E-state index contributed by atoms with van der Waals surface area (Å²) in [5, 5.41) is 0. The molecule has 0 fully saturated rings. The molecular weight excluding hydrogens is 656 g/mol.